The molecule has 0 spiro atoms. The average Bonchev–Trinajstić information content (AvgIpc) is 2.49. The largest absolute Gasteiger partial charge is 0.504 e. The second kappa shape index (κ2) is 6.11. The van der Waals surface area contributed by atoms with E-state index in [-0.39, 0.29) is 23.9 Å². The molecule has 0 atom stereocenters. The van der Waals surface area contributed by atoms with Crippen molar-refractivity contribution in [2.45, 2.75) is 6.42 Å². The number of carbonyl (C=O) groups is 1. The standard InChI is InChI=1S/C15H13ClN2O4/c16-10-6-9(7-12-14(10)22-5-4-21-12)8-13(20)18-15-11(19)2-1-3-17-15/h1-3,6-7,19H,4-5,8H2,(H,17,18,20). The minimum absolute atomic E-state index is 0.0758. The van der Waals surface area contributed by atoms with E-state index < -0.39 is 0 Å². The van der Waals surface area contributed by atoms with Gasteiger partial charge in [-0.25, -0.2) is 4.98 Å². The van der Waals surface area contributed by atoms with Gasteiger partial charge in [0.05, 0.1) is 11.4 Å². The Kier molecular flexibility index (Phi) is 4.02. The van der Waals surface area contributed by atoms with Crippen LogP contribution < -0.4 is 14.8 Å². The fourth-order valence-electron chi connectivity index (χ4n) is 2.12. The lowest BCUT2D eigenvalue weighted by Crippen LogP contribution is -2.18. The summed E-state index contributed by atoms with van der Waals surface area (Å²) in [6.07, 6.45) is 1.56. The number of aromatic nitrogens is 1. The third kappa shape index (κ3) is 3.07. The van der Waals surface area contributed by atoms with E-state index in [9.17, 15) is 9.90 Å². The molecule has 1 aromatic carbocycles. The summed E-state index contributed by atoms with van der Waals surface area (Å²) in [5.41, 5.74) is 0.683. The van der Waals surface area contributed by atoms with Crippen molar-refractivity contribution in [2.75, 3.05) is 18.5 Å². The molecule has 1 aromatic heterocycles. The van der Waals surface area contributed by atoms with Crippen LogP contribution in [-0.4, -0.2) is 29.2 Å². The van der Waals surface area contributed by atoms with Gasteiger partial charge in [-0.05, 0) is 29.8 Å². The Morgan fingerprint density at radius 3 is 3.00 bits per heavy atom. The lowest BCUT2D eigenvalue weighted by atomic mass is 10.1. The number of rotatable bonds is 3. The number of aromatic hydroxyl groups is 1. The first-order valence-corrected chi connectivity index (χ1v) is 7.03. The van der Waals surface area contributed by atoms with Crippen molar-refractivity contribution in [3.05, 3.63) is 41.0 Å². The van der Waals surface area contributed by atoms with Crippen LogP contribution in [0.5, 0.6) is 17.2 Å². The van der Waals surface area contributed by atoms with Crippen LogP contribution in [0.1, 0.15) is 5.56 Å². The zero-order valence-electron chi connectivity index (χ0n) is 11.5. The van der Waals surface area contributed by atoms with Crippen molar-refractivity contribution >= 4 is 23.3 Å². The van der Waals surface area contributed by atoms with Gasteiger partial charge in [0, 0.05) is 6.20 Å². The fraction of sp³-hybridized carbons (Fsp3) is 0.200. The first-order chi connectivity index (χ1) is 10.6. The molecule has 0 saturated carbocycles. The summed E-state index contributed by atoms with van der Waals surface area (Å²) in [4.78, 5) is 15.9. The molecule has 7 heteroatoms. The van der Waals surface area contributed by atoms with Gasteiger partial charge in [0.1, 0.15) is 13.2 Å². The van der Waals surface area contributed by atoms with E-state index in [4.69, 9.17) is 21.1 Å². The van der Waals surface area contributed by atoms with Crippen molar-refractivity contribution in [1.29, 1.82) is 0 Å². The minimum Gasteiger partial charge on any atom is -0.504 e. The van der Waals surface area contributed by atoms with Gasteiger partial charge in [-0.2, -0.15) is 0 Å². The Morgan fingerprint density at radius 1 is 1.36 bits per heavy atom. The number of nitrogens with one attached hydrogen (secondary N) is 1. The van der Waals surface area contributed by atoms with Gasteiger partial charge in [-0.15, -0.1) is 0 Å². The van der Waals surface area contributed by atoms with Crippen LogP contribution in [0.4, 0.5) is 5.82 Å². The first kappa shape index (κ1) is 14.5. The molecular formula is C15H13ClN2O4. The number of ether oxygens (including phenoxy) is 2. The van der Waals surface area contributed by atoms with E-state index in [2.05, 4.69) is 10.3 Å². The van der Waals surface area contributed by atoms with Gasteiger partial charge in [0.15, 0.2) is 23.1 Å². The zero-order chi connectivity index (χ0) is 15.5. The SMILES string of the molecule is O=C(Cc1cc(Cl)c2c(c1)OCCO2)Nc1ncccc1O. The number of nitrogens with zero attached hydrogens (tertiary/aromatic N) is 1. The number of anilines is 1. The third-order valence-electron chi connectivity index (χ3n) is 3.07. The Labute approximate surface area is 131 Å². The van der Waals surface area contributed by atoms with Gasteiger partial charge in [0.25, 0.3) is 0 Å². The molecule has 0 saturated heterocycles. The van der Waals surface area contributed by atoms with Crippen molar-refractivity contribution in [3.63, 3.8) is 0 Å². The Balaban J connectivity index is 1.74. The predicted octanol–water partition coefficient (Wildman–Crippen LogP) is 2.39. The lowest BCUT2D eigenvalue weighted by molar-refractivity contribution is -0.115. The second-order valence-electron chi connectivity index (χ2n) is 4.70. The van der Waals surface area contributed by atoms with Crippen LogP contribution in [0.25, 0.3) is 0 Å². The highest BCUT2D eigenvalue weighted by molar-refractivity contribution is 6.32. The maximum Gasteiger partial charge on any atom is 0.230 e. The van der Waals surface area contributed by atoms with Crippen LogP contribution in [0, 0.1) is 0 Å². The quantitative estimate of drug-likeness (QED) is 0.907. The van der Waals surface area contributed by atoms with E-state index in [1.165, 1.54) is 12.3 Å². The number of fused-ring (bicyclic) bond motifs is 1. The Hall–Kier alpha value is -2.47. The summed E-state index contributed by atoms with van der Waals surface area (Å²) in [6, 6.07) is 6.40. The van der Waals surface area contributed by atoms with E-state index >= 15 is 0 Å². The predicted molar refractivity (Wildman–Crippen MR) is 80.7 cm³/mol. The van der Waals surface area contributed by atoms with Gasteiger partial charge >= 0.3 is 0 Å². The number of carbonyl (C=O) groups excluding carboxylic acids is 1. The maximum atomic E-state index is 12.0. The van der Waals surface area contributed by atoms with Crippen molar-refractivity contribution < 1.29 is 19.4 Å². The average molecular weight is 321 g/mol. The maximum absolute atomic E-state index is 12.0. The normalized spacial score (nSPS) is 12.8. The van der Waals surface area contributed by atoms with E-state index in [1.54, 1.807) is 18.2 Å². The first-order valence-electron chi connectivity index (χ1n) is 6.65. The summed E-state index contributed by atoms with van der Waals surface area (Å²) in [6.45, 7) is 0.895. The molecular weight excluding hydrogens is 308 g/mol. The Bertz CT molecular complexity index is 721. The van der Waals surface area contributed by atoms with E-state index in [0.717, 1.165) is 0 Å². The van der Waals surface area contributed by atoms with Gasteiger partial charge in [-0.3, -0.25) is 4.79 Å². The summed E-state index contributed by atoms with van der Waals surface area (Å²) in [5, 5.41) is 12.5. The molecule has 0 bridgehead atoms. The van der Waals surface area contributed by atoms with Gasteiger partial charge in [0.2, 0.25) is 5.91 Å². The number of pyridine rings is 1. The summed E-state index contributed by atoms with van der Waals surface area (Å²) < 4.78 is 10.9. The number of benzene rings is 1. The molecule has 1 aliphatic rings. The number of hydrogen-bond donors (Lipinski definition) is 2. The van der Waals surface area contributed by atoms with Gasteiger partial charge in [-0.1, -0.05) is 11.6 Å². The fourth-order valence-corrected chi connectivity index (χ4v) is 2.41. The van der Waals surface area contributed by atoms with Crippen LogP contribution >= 0.6 is 11.6 Å². The highest BCUT2D eigenvalue weighted by Gasteiger charge is 2.18. The molecule has 22 heavy (non-hydrogen) atoms. The van der Waals surface area contributed by atoms with Crippen molar-refractivity contribution in [3.8, 4) is 17.2 Å². The summed E-state index contributed by atoms with van der Waals surface area (Å²) >= 11 is 6.13. The van der Waals surface area contributed by atoms with Gasteiger partial charge < -0.3 is 19.9 Å². The topological polar surface area (TPSA) is 80.7 Å². The molecule has 0 aliphatic carbocycles. The van der Waals surface area contributed by atoms with Crippen molar-refractivity contribution in [1.82, 2.24) is 4.98 Å². The molecule has 1 amide bonds. The minimum atomic E-state index is -0.318. The van der Waals surface area contributed by atoms with Crippen LogP contribution in [-0.2, 0) is 11.2 Å². The third-order valence-corrected chi connectivity index (χ3v) is 3.35. The summed E-state index contributed by atoms with van der Waals surface area (Å²) in [5.74, 6) is 0.746. The molecule has 2 heterocycles. The highest BCUT2D eigenvalue weighted by Crippen LogP contribution is 2.38. The van der Waals surface area contributed by atoms with E-state index in [1.807, 2.05) is 0 Å². The van der Waals surface area contributed by atoms with Crippen molar-refractivity contribution in [2.24, 2.45) is 0 Å². The number of amides is 1. The smallest absolute Gasteiger partial charge is 0.230 e. The van der Waals surface area contributed by atoms with Crippen LogP contribution in [0.2, 0.25) is 5.02 Å². The monoisotopic (exact) mass is 320 g/mol. The highest BCUT2D eigenvalue weighted by atomic mass is 35.5. The zero-order valence-corrected chi connectivity index (χ0v) is 12.3. The van der Waals surface area contributed by atoms with E-state index in [0.29, 0.717) is 35.3 Å². The second-order valence-corrected chi connectivity index (χ2v) is 5.11. The molecule has 2 N–H and O–H groups in total. The van der Waals surface area contributed by atoms with Crippen LogP contribution in [0.3, 0.4) is 0 Å². The molecule has 3 rings (SSSR count). The molecule has 2 aromatic rings. The molecule has 114 valence electrons. The lowest BCUT2D eigenvalue weighted by Gasteiger charge is -2.20. The molecule has 0 unspecified atom stereocenters. The molecule has 6 nitrogen and oxygen atoms in total. The number of halogens is 1. The molecule has 0 radical (unpaired) electrons. The summed E-state index contributed by atoms with van der Waals surface area (Å²) in [7, 11) is 0. The molecule has 1 aliphatic heterocycles. The Morgan fingerprint density at radius 2 is 2.18 bits per heavy atom. The number of hydrogen-bond acceptors (Lipinski definition) is 5. The molecule has 0 fully saturated rings. The van der Waals surface area contributed by atoms with Crippen LogP contribution in [0.15, 0.2) is 30.5 Å².